The lowest BCUT2D eigenvalue weighted by Crippen LogP contribution is -2.60. The molecule has 0 unspecified atom stereocenters. The van der Waals surface area contributed by atoms with Gasteiger partial charge < -0.3 is 30.9 Å². The molecule has 1 aliphatic heterocycles. The van der Waals surface area contributed by atoms with Crippen molar-refractivity contribution in [2.75, 3.05) is 24.2 Å². The van der Waals surface area contributed by atoms with E-state index in [0.29, 0.717) is 40.6 Å². The first-order valence-corrected chi connectivity index (χ1v) is 17.3. The third kappa shape index (κ3) is 7.03. The van der Waals surface area contributed by atoms with Crippen molar-refractivity contribution in [2.24, 2.45) is 23.7 Å². The molecule has 0 aromatic heterocycles. The Balaban J connectivity index is 1.07. The zero-order valence-electron chi connectivity index (χ0n) is 29.0. The Kier molecular flexibility index (Phi) is 9.60. The van der Waals surface area contributed by atoms with Gasteiger partial charge in [0.2, 0.25) is 11.8 Å². The number of imide groups is 1. The summed E-state index contributed by atoms with van der Waals surface area (Å²) in [5, 5.41) is 18.3. The molecule has 0 radical (unpaired) electrons. The zero-order chi connectivity index (χ0) is 35.9. The van der Waals surface area contributed by atoms with Crippen molar-refractivity contribution in [3.63, 3.8) is 0 Å². The smallest absolute Gasteiger partial charge is 0.328 e. The Morgan fingerprint density at radius 2 is 1.54 bits per heavy atom. The minimum absolute atomic E-state index is 0.0354. The molecule has 1 saturated heterocycles. The molecule has 13 nitrogen and oxygen atoms in total. The van der Waals surface area contributed by atoms with Crippen LogP contribution in [0.1, 0.15) is 63.5 Å². The summed E-state index contributed by atoms with van der Waals surface area (Å²) >= 11 is 0. The molecule has 0 spiro atoms. The van der Waals surface area contributed by atoms with E-state index >= 15 is 0 Å². The van der Waals surface area contributed by atoms with Gasteiger partial charge in [0.15, 0.2) is 0 Å². The summed E-state index contributed by atoms with van der Waals surface area (Å²) in [6.45, 7) is 4.51. The zero-order valence-corrected chi connectivity index (χ0v) is 29.0. The molecular formula is C37H46N6O7. The molecule has 266 valence electrons. The number of likely N-dealkylation sites (N-methyl/N-ethyl adjacent to an activating group) is 1. The van der Waals surface area contributed by atoms with Gasteiger partial charge in [-0.05, 0) is 106 Å². The number of nitrogens with one attached hydrogen (secondary N) is 3. The fourth-order valence-electron chi connectivity index (χ4n) is 8.61. The van der Waals surface area contributed by atoms with Crippen molar-refractivity contribution >= 4 is 47.1 Å². The fourth-order valence-corrected chi connectivity index (χ4v) is 8.61. The maximum absolute atomic E-state index is 13.6. The third-order valence-corrected chi connectivity index (χ3v) is 11.2. The van der Waals surface area contributed by atoms with Crippen LogP contribution in [-0.2, 0) is 25.7 Å². The van der Waals surface area contributed by atoms with E-state index in [4.69, 9.17) is 0 Å². The summed E-state index contributed by atoms with van der Waals surface area (Å²) < 4.78 is 0. The van der Waals surface area contributed by atoms with E-state index < -0.39 is 60.3 Å². The molecule has 5 aliphatic rings. The second kappa shape index (κ2) is 13.8. The van der Waals surface area contributed by atoms with Crippen LogP contribution in [0.2, 0.25) is 0 Å². The number of aryl methyl sites for hydroxylation is 1. The van der Waals surface area contributed by atoms with Gasteiger partial charge in [-0.2, -0.15) is 0 Å². The maximum Gasteiger partial charge on any atom is 0.328 e. The van der Waals surface area contributed by atoms with Gasteiger partial charge in [-0.1, -0.05) is 30.3 Å². The SMILES string of the molecule is Cc1ccccc1NC(=O)Nc1ccc(CN2C(=O)N(CC(=O)N(C)[C@@H](CC(=O)O)C(=O)NC3C4CC5CC(C4)CC3C5)C(=O)C2(C)C)cc1. The number of amides is 7. The van der Waals surface area contributed by atoms with E-state index in [-0.39, 0.29) is 12.6 Å². The van der Waals surface area contributed by atoms with Crippen LogP contribution in [0.25, 0.3) is 0 Å². The van der Waals surface area contributed by atoms with Gasteiger partial charge in [0.1, 0.15) is 18.1 Å². The van der Waals surface area contributed by atoms with Crippen LogP contribution in [0.15, 0.2) is 48.5 Å². The standard InChI is InChI=1S/C37H46N6O7/c1-21-7-5-6-8-28(21)39-35(49)38-27-11-9-22(10-12-27)19-43-36(50)42(34(48)37(43,2)3)20-30(44)41(4)29(18-31(45)46)33(47)40-32-25-14-23-13-24(16-25)17-26(32)15-23/h5-12,23-26,29,32H,13-20H2,1-4H3,(H,40,47)(H,45,46)(H2,38,39,49)/t23?,24?,25?,26?,29-,32?/m0/s1. The van der Waals surface area contributed by atoms with Crippen LogP contribution in [0.4, 0.5) is 21.0 Å². The number of rotatable bonds is 11. The van der Waals surface area contributed by atoms with Gasteiger partial charge in [0, 0.05) is 31.0 Å². The van der Waals surface area contributed by atoms with Gasteiger partial charge in [0.25, 0.3) is 5.91 Å². The minimum Gasteiger partial charge on any atom is -0.481 e. The summed E-state index contributed by atoms with van der Waals surface area (Å²) in [5.41, 5.74) is 1.55. The molecule has 7 amide bonds. The Hall–Kier alpha value is -4.94. The molecule has 1 atom stereocenters. The van der Waals surface area contributed by atoms with Gasteiger partial charge in [-0.25, -0.2) is 9.59 Å². The first-order valence-electron chi connectivity index (χ1n) is 17.3. The van der Waals surface area contributed by atoms with Crippen molar-refractivity contribution < 1.29 is 33.9 Å². The molecule has 4 bridgehead atoms. The molecule has 4 aliphatic carbocycles. The van der Waals surface area contributed by atoms with E-state index in [2.05, 4.69) is 16.0 Å². The van der Waals surface area contributed by atoms with Crippen LogP contribution in [0.3, 0.4) is 0 Å². The molecule has 7 rings (SSSR count). The summed E-state index contributed by atoms with van der Waals surface area (Å²) in [5.74, 6) is -0.919. The molecule has 13 heteroatoms. The summed E-state index contributed by atoms with van der Waals surface area (Å²) in [4.78, 5) is 81.8. The number of carboxylic acids is 1. The van der Waals surface area contributed by atoms with Crippen molar-refractivity contribution in [2.45, 2.75) is 83.5 Å². The Morgan fingerprint density at radius 1 is 0.920 bits per heavy atom. The molecule has 5 fully saturated rings. The summed E-state index contributed by atoms with van der Waals surface area (Å²) in [6, 6.07) is 11.8. The van der Waals surface area contributed by atoms with E-state index in [1.807, 2.05) is 25.1 Å². The quantitative estimate of drug-likeness (QED) is 0.254. The predicted molar refractivity (Wildman–Crippen MR) is 185 cm³/mol. The van der Waals surface area contributed by atoms with Crippen molar-refractivity contribution in [1.29, 1.82) is 0 Å². The van der Waals surface area contributed by atoms with E-state index in [1.54, 1.807) is 44.2 Å². The number of hydrogen-bond acceptors (Lipinski definition) is 6. The van der Waals surface area contributed by atoms with Gasteiger partial charge in [-0.15, -0.1) is 0 Å². The van der Waals surface area contributed by atoms with Gasteiger partial charge in [-0.3, -0.25) is 24.1 Å². The van der Waals surface area contributed by atoms with Crippen molar-refractivity contribution in [1.82, 2.24) is 20.0 Å². The average molecular weight is 687 g/mol. The number of benzene rings is 2. The number of hydrogen-bond donors (Lipinski definition) is 4. The van der Waals surface area contributed by atoms with E-state index in [0.717, 1.165) is 41.0 Å². The largest absolute Gasteiger partial charge is 0.481 e. The molecule has 2 aromatic rings. The number of anilines is 2. The van der Waals surface area contributed by atoms with Crippen LogP contribution in [-0.4, -0.2) is 86.8 Å². The molecule has 2 aromatic carbocycles. The Morgan fingerprint density at radius 3 is 2.14 bits per heavy atom. The van der Waals surface area contributed by atoms with Gasteiger partial charge in [0.05, 0.1) is 6.42 Å². The highest BCUT2D eigenvalue weighted by molar-refractivity contribution is 6.08. The second-order valence-corrected chi connectivity index (χ2v) is 15.0. The van der Waals surface area contributed by atoms with Crippen LogP contribution >= 0.6 is 0 Å². The number of nitrogens with zero attached hydrogens (tertiary/aromatic N) is 3. The van der Waals surface area contributed by atoms with E-state index in [9.17, 15) is 33.9 Å². The number of urea groups is 2. The Bertz CT molecular complexity index is 1660. The number of para-hydroxylation sites is 1. The topological polar surface area (TPSA) is 168 Å². The third-order valence-electron chi connectivity index (χ3n) is 11.2. The second-order valence-electron chi connectivity index (χ2n) is 15.0. The lowest BCUT2D eigenvalue weighted by atomic mass is 9.54. The molecule has 4 N–H and O–H groups in total. The molecule has 50 heavy (non-hydrogen) atoms. The monoisotopic (exact) mass is 686 g/mol. The maximum atomic E-state index is 13.6. The molecule has 1 heterocycles. The lowest BCUT2D eigenvalue weighted by molar-refractivity contribution is -0.148. The average Bonchev–Trinajstić information content (AvgIpc) is 3.21. The number of carboxylic acid groups (broad SMARTS) is 1. The number of aliphatic carboxylic acids is 1. The van der Waals surface area contributed by atoms with Crippen molar-refractivity contribution in [3.05, 3.63) is 59.7 Å². The van der Waals surface area contributed by atoms with Gasteiger partial charge >= 0.3 is 18.0 Å². The van der Waals surface area contributed by atoms with Crippen LogP contribution in [0, 0.1) is 30.6 Å². The highest BCUT2D eigenvalue weighted by atomic mass is 16.4. The summed E-state index contributed by atoms with van der Waals surface area (Å²) in [6.07, 6.45) is 4.92. The van der Waals surface area contributed by atoms with E-state index in [1.165, 1.54) is 18.4 Å². The highest BCUT2D eigenvalue weighted by Gasteiger charge is 2.52. The molecule has 4 saturated carbocycles. The lowest BCUT2D eigenvalue weighted by Gasteiger charge is -2.54. The minimum atomic E-state index is -1.29. The fraction of sp³-hybridized carbons (Fsp3) is 0.514. The predicted octanol–water partition coefficient (Wildman–Crippen LogP) is 4.42. The highest BCUT2D eigenvalue weighted by Crippen LogP contribution is 2.53. The van der Waals surface area contributed by atoms with Crippen molar-refractivity contribution in [3.8, 4) is 0 Å². The Labute approximate surface area is 291 Å². The first kappa shape index (κ1) is 34.9. The number of carbonyl (C=O) groups is 6. The normalized spacial score (nSPS) is 25.3. The van der Waals surface area contributed by atoms with Crippen LogP contribution < -0.4 is 16.0 Å². The number of carbonyl (C=O) groups excluding carboxylic acids is 5. The first-order chi connectivity index (χ1) is 23.7. The van der Waals surface area contributed by atoms with Crippen LogP contribution in [0.5, 0.6) is 0 Å². The molecular weight excluding hydrogens is 640 g/mol. The summed E-state index contributed by atoms with van der Waals surface area (Å²) in [7, 11) is 1.34.